The topological polar surface area (TPSA) is 78.1 Å². The zero-order valence-corrected chi connectivity index (χ0v) is 8.84. The van der Waals surface area contributed by atoms with Crippen LogP contribution in [0.15, 0.2) is 0 Å². The maximum absolute atomic E-state index is 8.41. The lowest BCUT2D eigenvalue weighted by molar-refractivity contribution is 0.206. The molecule has 2 unspecified atom stereocenters. The Hall–Kier alpha value is -0.420. The van der Waals surface area contributed by atoms with Crippen molar-refractivity contribution in [2.45, 2.75) is 26.1 Å². The minimum atomic E-state index is -1.58. The molecular weight excluding hydrogens is 213 g/mol. The highest BCUT2D eigenvalue weighted by atomic mass is 35.5. The monoisotopic (exact) mass is 221 g/mol. The van der Waals surface area contributed by atoms with Crippen LogP contribution in [-0.4, -0.2) is 12.2 Å². The predicted octanol–water partition coefficient (Wildman–Crippen LogP) is 1.81. The Bertz CT molecular complexity index is 205. The summed E-state index contributed by atoms with van der Waals surface area (Å²) in [5.41, 5.74) is 0. The van der Waals surface area contributed by atoms with Crippen molar-refractivity contribution in [2.24, 2.45) is 0 Å². The second kappa shape index (κ2) is 7.03. The lowest BCUT2D eigenvalue weighted by Crippen LogP contribution is -2.11. The molecular formula is C6H9ClN3O2P. The molecule has 72 valence electrons. The second-order valence-electron chi connectivity index (χ2n) is 2.10. The standard InChI is InChI=1S/C6H9ClN3O2P/c1-5(3-8)11-13(10-7)12-6(2)4-9/h5-6,10H,1-2H3. The molecule has 7 heteroatoms. The number of halogens is 1. The van der Waals surface area contributed by atoms with E-state index in [4.69, 9.17) is 31.3 Å². The summed E-state index contributed by atoms with van der Waals surface area (Å²) in [4.78, 5) is 0. The van der Waals surface area contributed by atoms with Crippen LogP contribution in [0.5, 0.6) is 0 Å². The predicted molar refractivity (Wildman–Crippen MR) is 48.2 cm³/mol. The molecule has 0 spiro atoms. The van der Waals surface area contributed by atoms with Crippen LogP contribution >= 0.6 is 20.3 Å². The van der Waals surface area contributed by atoms with Gasteiger partial charge >= 0.3 is 0 Å². The molecule has 0 aromatic heterocycles. The van der Waals surface area contributed by atoms with E-state index in [0.717, 1.165) is 0 Å². The highest BCUT2D eigenvalue weighted by Crippen LogP contribution is 2.37. The van der Waals surface area contributed by atoms with E-state index in [2.05, 4.69) is 4.61 Å². The third-order valence-corrected chi connectivity index (χ3v) is 2.51. The van der Waals surface area contributed by atoms with Gasteiger partial charge in [-0.25, -0.2) is 0 Å². The summed E-state index contributed by atoms with van der Waals surface area (Å²) in [5, 5.41) is 16.8. The Balaban J connectivity index is 3.92. The van der Waals surface area contributed by atoms with Gasteiger partial charge in [0.05, 0.1) is 12.1 Å². The number of nitriles is 2. The van der Waals surface area contributed by atoms with Crippen LogP contribution in [0.1, 0.15) is 13.8 Å². The van der Waals surface area contributed by atoms with Crippen molar-refractivity contribution in [2.75, 3.05) is 0 Å². The summed E-state index contributed by atoms with van der Waals surface area (Å²) in [7, 11) is -1.58. The molecule has 0 aliphatic heterocycles. The molecule has 0 radical (unpaired) electrons. The van der Waals surface area contributed by atoms with E-state index in [1.54, 1.807) is 13.8 Å². The molecule has 0 amide bonds. The summed E-state index contributed by atoms with van der Waals surface area (Å²) >= 11 is 5.28. The summed E-state index contributed by atoms with van der Waals surface area (Å²) in [5.74, 6) is 0. The van der Waals surface area contributed by atoms with Gasteiger partial charge in [-0.15, -0.1) is 0 Å². The van der Waals surface area contributed by atoms with Crippen LogP contribution in [0.3, 0.4) is 0 Å². The van der Waals surface area contributed by atoms with E-state index in [-0.39, 0.29) is 0 Å². The van der Waals surface area contributed by atoms with Crippen LogP contribution < -0.4 is 4.61 Å². The van der Waals surface area contributed by atoms with Gasteiger partial charge < -0.3 is 9.05 Å². The maximum Gasteiger partial charge on any atom is 0.273 e. The Morgan fingerprint density at radius 3 is 1.85 bits per heavy atom. The average Bonchev–Trinajstić information content (AvgIpc) is 2.16. The Kier molecular flexibility index (Phi) is 6.80. The van der Waals surface area contributed by atoms with Gasteiger partial charge in [0.15, 0.2) is 0 Å². The molecule has 0 aliphatic rings. The highest BCUT2D eigenvalue weighted by Gasteiger charge is 2.16. The molecule has 2 atom stereocenters. The van der Waals surface area contributed by atoms with Gasteiger partial charge in [0, 0.05) is 0 Å². The van der Waals surface area contributed by atoms with Gasteiger partial charge in [0.2, 0.25) is 0 Å². The van der Waals surface area contributed by atoms with Crippen LogP contribution in [-0.2, 0) is 9.05 Å². The molecule has 13 heavy (non-hydrogen) atoms. The minimum Gasteiger partial charge on any atom is -0.303 e. The fraction of sp³-hybridized carbons (Fsp3) is 0.667. The van der Waals surface area contributed by atoms with Crippen molar-refractivity contribution in [3.8, 4) is 12.1 Å². The fourth-order valence-corrected chi connectivity index (χ4v) is 1.44. The molecule has 1 N–H and O–H groups in total. The van der Waals surface area contributed by atoms with Crippen molar-refractivity contribution in [1.82, 2.24) is 4.61 Å². The molecule has 0 aromatic carbocycles. The first-order chi connectivity index (χ1) is 6.13. The van der Waals surface area contributed by atoms with Crippen molar-refractivity contribution in [1.29, 1.82) is 10.5 Å². The van der Waals surface area contributed by atoms with E-state index in [0.29, 0.717) is 0 Å². The summed E-state index contributed by atoms with van der Waals surface area (Å²) < 4.78 is 12.2. The molecule has 0 saturated carbocycles. The molecule has 0 heterocycles. The average molecular weight is 222 g/mol. The molecule has 0 aromatic rings. The maximum atomic E-state index is 8.41. The Morgan fingerprint density at radius 1 is 1.23 bits per heavy atom. The smallest absolute Gasteiger partial charge is 0.273 e. The normalized spacial score (nSPS) is 16.7. The first kappa shape index (κ1) is 12.6. The first-order valence-electron chi connectivity index (χ1n) is 3.43. The molecule has 0 saturated heterocycles. The van der Waals surface area contributed by atoms with Crippen LogP contribution in [0, 0.1) is 22.7 Å². The number of hydrogen-bond donors (Lipinski definition) is 1. The number of hydrogen-bond acceptors (Lipinski definition) is 5. The largest absolute Gasteiger partial charge is 0.303 e. The second-order valence-corrected chi connectivity index (χ2v) is 3.71. The van der Waals surface area contributed by atoms with Crippen molar-refractivity contribution in [3.05, 3.63) is 0 Å². The highest BCUT2D eigenvalue weighted by molar-refractivity contribution is 7.46. The van der Waals surface area contributed by atoms with Gasteiger partial charge in [-0.1, -0.05) is 0 Å². The van der Waals surface area contributed by atoms with Crippen molar-refractivity contribution < 1.29 is 9.05 Å². The van der Waals surface area contributed by atoms with E-state index in [1.165, 1.54) is 0 Å². The first-order valence-corrected chi connectivity index (χ1v) is 4.98. The van der Waals surface area contributed by atoms with Gasteiger partial charge in [-0.3, -0.25) is 0 Å². The van der Waals surface area contributed by atoms with Crippen LogP contribution in [0.25, 0.3) is 0 Å². The van der Waals surface area contributed by atoms with E-state index >= 15 is 0 Å². The molecule has 0 fully saturated rings. The van der Waals surface area contributed by atoms with Crippen LogP contribution in [0.4, 0.5) is 0 Å². The summed E-state index contributed by atoms with van der Waals surface area (Å²) in [6.45, 7) is 3.12. The van der Waals surface area contributed by atoms with E-state index in [9.17, 15) is 0 Å². The number of nitrogens with zero attached hydrogens (tertiary/aromatic N) is 2. The summed E-state index contributed by atoms with van der Waals surface area (Å²) in [6.07, 6.45) is -1.24. The zero-order chi connectivity index (χ0) is 10.3. The van der Waals surface area contributed by atoms with Gasteiger partial charge in [0.25, 0.3) is 8.53 Å². The third-order valence-electron chi connectivity index (χ3n) is 0.940. The molecule has 0 rings (SSSR count). The van der Waals surface area contributed by atoms with Gasteiger partial charge in [-0.2, -0.15) is 15.1 Å². The van der Waals surface area contributed by atoms with Crippen molar-refractivity contribution >= 4 is 20.3 Å². The van der Waals surface area contributed by atoms with Gasteiger partial charge in [-0.05, 0) is 25.6 Å². The van der Waals surface area contributed by atoms with E-state index < -0.39 is 20.7 Å². The molecule has 0 bridgehead atoms. The molecule has 0 aliphatic carbocycles. The quantitative estimate of drug-likeness (QED) is 0.566. The third kappa shape index (κ3) is 5.76. The van der Waals surface area contributed by atoms with Crippen molar-refractivity contribution in [3.63, 3.8) is 0 Å². The minimum absolute atomic E-state index is 0.622. The van der Waals surface area contributed by atoms with Gasteiger partial charge in [0.1, 0.15) is 12.2 Å². The lowest BCUT2D eigenvalue weighted by atomic mass is 10.5. The molecule has 5 nitrogen and oxygen atoms in total. The Morgan fingerprint density at radius 2 is 1.62 bits per heavy atom. The van der Waals surface area contributed by atoms with E-state index in [1.807, 2.05) is 12.1 Å². The Labute approximate surface area is 83.3 Å². The zero-order valence-electron chi connectivity index (χ0n) is 7.19. The summed E-state index contributed by atoms with van der Waals surface area (Å²) in [6, 6.07) is 3.71. The lowest BCUT2D eigenvalue weighted by Gasteiger charge is -2.16. The fourth-order valence-electron chi connectivity index (χ4n) is 0.399. The number of rotatable bonds is 5. The SMILES string of the molecule is CC(C#N)OP(NCl)OC(C)C#N. The number of nitrogens with one attached hydrogen (secondary N) is 1. The van der Waals surface area contributed by atoms with Crippen LogP contribution in [0.2, 0.25) is 0 Å².